The van der Waals surface area contributed by atoms with Gasteiger partial charge >= 0.3 is 0 Å². The standard InChI is InChI=1S/C13H21BrN4/c1-10-16-12(14)9-13(17-10)15-7-8-18(2)11-5-3-4-6-11/h9,11H,3-8H2,1-2H3,(H,15,16,17). The number of aryl methyl sites for hydroxylation is 1. The third kappa shape index (κ3) is 3.92. The van der Waals surface area contributed by atoms with Crippen molar-refractivity contribution in [2.24, 2.45) is 0 Å². The van der Waals surface area contributed by atoms with Crippen LogP contribution in [-0.4, -0.2) is 41.0 Å². The van der Waals surface area contributed by atoms with Crippen LogP contribution in [-0.2, 0) is 0 Å². The van der Waals surface area contributed by atoms with Gasteiger partial charge in [-0.25, -0.2) is 9.97 Å². The molecule has 0 bridgehead atoms. The summed E-state index contributed by atoms with van der Waals surface area (Å²) in [5.74, 6) is 1.69. The molecule has 0 aromatic carbocycles. The van der Waals surface area contributed by atoms with E-state index in [2.05, 4.69) is 43.2 Å². The van der Waals surface area contributed by atoms with Crippen molar-refractivity contribution < 1.29 is 0 Å². The maximum Gasteiger partial charge on any atom is 0.130 e. The predicted molar refractivity (Wildman–Crippen MR) is 77.8 cm³/mol. The first-order chi connectivity index (χ1) is 8.65. The smallest absolute Gasteiger partial charge is 0.130 e. The number of nitrogens with zero attached hydrogens (tertiary/aromatic N) is 3. The van der Waals surface area contributed by atoms with E-state index in [1.165, 1.54) is 25.7 Å². The van der Waals surface area contributed by atoms with Gasteiger partial charge < -0.3 is 10.2 Å². The highest BCUT2D eigenvalue weighted by atomic mass is 79.9. The Hall–Kier alpha value is -0.680. The fourth-order valence-electron chi connectivity index (χ4n) is 2.51. The molecule has 1 aliphatic rings. The van der Waals surface area contributed by atoms with Crippen molar-refractivity contribution in [3.63, 3.8) is 0 Å². The first-order valence-corrected chi connectivity index (χ1v) is 7.40. The van der Waals surface area contributed by atoms with Crippen molar-refractivity contribution >= 4 is 21.7 Å². The summed E-state index contributed by atoms with van der Waals surface area (Å²) in [6.07, 6.45) is 5.49. The summed E-state index contributed by atoms with van der Waals surface area (Å²) < 4.78 is 0.835. The van der Waals surface area contributed by atoms with Gasteiger partial charge in [0.25, 0.3) is 0 Å². The van der Waals surface area contributed by atoms with Crippen LogP contribution in [0.4, 0.5) is 5.82 Å². The van der Waals surface area contributed by atoms with Gasteiger partial charge in [0.05, 0.1) is 0 Å². The molecule has 5 heteroatoms. The van der Waals surface area contributed by atoms with E-state index in [4.69, 9.17) is 0 Å². The van der Waals surface area contributed by atoms with Crippen LogP contribution >= 0.6 is 15.9 Å². The number of aromatic nitrogens is 2. The Morgan fingerprint density at radius 3 is 2.78 bits per heavy atom. The fourth-order valence-corrected chi connectivity index (χ4v) is 2.98. The number of nitrogens with one attached hydrogen (secondary N) is 1. The Labute approximate surface area is 117 Å². The van der Waals surface area contributed by atoms with E-state index in [0.717, 1.165) is 35.4 Å². The predicted octanol–water partition coefficient (Wildman–Crippen LogP) is 2.83. The quantitative estimate of drug-likeness (QED) is 0.849. The summed E-state index contributed by atoms with van der Waals surface area (Å²) in [5, 5.41) is 3.36. The highest BCUT2D eigenvalue weighted by Crippen LogP contribution is 2.22. The minimum atomic E-state index is 0.783. The molecule has 100 valence electrons. The van der Waals surface area contributed by atoms with Crippen molar-refractivity contribution in [3.05, 3.63) is 16.5 Å². The number of hydrogen-bond donors (Lipinski definition) is 1. The van der Waals surface area contributed by atoms with E-state index in [0.29, 0.717) is 0 Å². The van der Waals surface area contributed by atoms with Gasteiger partial charge in [0.1, 0.15) is 16.2 Å². The molecule has 0 amide bonds. The van der Waals surface area contributed by atoms with Crippen LogP contribution in [0.25, 0.3) is 0 Å². The van der Waals surface area contributed by atoms with E-state index >= 15 is 0 Å². The SMILES string of the molecule is Cc1nc(Br)cc(NCCN(C)C2CCCC2)n1. The average Bonchev–Trinajstić information content (AvgIpc) is 2.80. The Balaban J connectivity index is 1.77. The van der Waals surface area contributed by atoms with Gasteiger partial charge in [0.2, 0.25) is 0 Å². The molecule has 0 radical (unpaired) electrons. The molecule has 1 aromatic heterocycles. The zero-order valence-electron chi connectivity index (χ0n) is 11.1. The van der Waals surface area contributed by atoms with E-state index in [-0.39, 0.29) is 0 Å². The van der Waals surface area contributed by atoms with Gasteiger partial charge in [-0.1, -0.05) is 12.8 Å². The zero-order valence-corrected chi connectivity index (χ0v) is 12.7. The summed E-state index contributed by atoms with van der Waals surface area (Å²) in [6.45, 7) is 3.89. The largest absolute Gasteiger partial charge is 0.369 e. The van der Waals surface area contributed by atoms with Gasteiger partial charge in [-0.2, -0.15) is 0 Å². The summed E-state index contributed by atoms with van der Waals surface area (Å²) in [4.78, 5) is 11.0. The van der Waals surface area contributed by atoms with Crippen molar-refractivity contribution in [3.8, 4) is 0 Å². The molecule has 1 heterocycles. The van der Waals surface area contributed by atoms with Crippen molar-refractivity contribution in [1.29, 1.82) is 0 Å². The number of likely N-dealkylation sites (N-methyl/N-ethyl adjacent to an activating group) is 1. The van der Waals surface area contributed by atoms with Crippen LogP contribution in [0, 0.1) is 6.92 Å². The topological polar surface area (TPSA) is 41.1 Å². The number of anilines is 1. The molecule has 1 saturated carbocycles. The van der Waals surface area contributed by atoms with Crippen LogP contribution in [0.1, 0.15) is 31.5 Å². The zero-order chi connectivity index (χ0) is 13.0. The maximum absolute atomic E-state index is 4.36. The molecule has 1 aromatic rings. The lowest BCUT2D eigenvalue weighted by Crippen LogP contribution is -2.33. The van der Waals surface area contributed by atoms with Gasteiger partial charge in [-0.15, -0.1) is 0 Å². The Morgan fingerprint density at radius 2 is 2.11 bits per heavy atom. The number of halogens is 1. The first kappa shape index (κ1) is 13.7. The summed E-state index contributed by atoms with van der Waals surface area (Å²) in [7, 11) is 2.22. The molecule has 18 heavy (non-hydrogen) atoms. The highest BCUT2D eigenvalue weighted by molar-refractivity contribution is 9.10. The minimum absolute atomic E-state index is 0.783. The Morgan fingerprint density at radius 1 is 1.39 bits per heavy atom. The third-order valence-electron chi connectivity index (χ3n) is 3.53. The molecule has 2 rings (SSSR count). The minimum Gasteiger partial charge on any atom is -0.369 e. The molecule has 1 N–H and O–H groups in total. The maximum atomic E-state index is 4.36. The van der Waals surface area contributed by atoms with Crippen molar-refractivity contribution in [2.45, 2.75) is 38.6 Å². The first-order valence-electron chi connectivity index (χ1n) is 6.60. The molecule has 4 nitrogen and oxygen atoms in total. The van der Waals surface area contributed by atoms with E-state index < -0.39 is 0 Å². The molecular formula is C13H21BrN4. The van der Waals surface area contributed by atoms with Crippen LogP contribution in [0.15, 0.2) is 10.7 Å². The van der Waals surface area contributed by atoms with Crippen molar-refractivity contribution in [2.75, 3.05) is 25.5 Å². The molecule has 0 unspecified atom stereocenters. The number of hydrogen-bond acceptors (Lipinski definition) is 4. The van der Waals surface area contributed by atoms with E-state index in [1.807, 2.05) is 13.0 Å². The van der Waals surface area contributed by atoms with Crippen LogP contribution < -0.4 is 5.32 Å². The van der Waals surface area contributed by atoms with Crippen LogP contribution in [0.3, 0.4) is 0 Å². The van der Waals surface area contributed by atoms with Crippen LogP contribution in [0.2, 0.25) is 0 Å². The Bertz CT molecular complexity index is 370. The number of rotatable bonds is 5. The summed E-state index contributed by atoms with van der Waals surface area (Å²) in [6, 6.07) is 2.70. The summed E-state index contributed by atoms with van der Waals surface area (Å²) in [5.41, 5.74) is 0. The lowest BCUT2D eigenvalue weighted by molar-refractivity contribution is 0.254. The molecular weight excluding hydrogens is 292 g/mol. The molecule has 1 fully saturated rings. The fraction of sp³-hybridized carbons (Fsp3) is 0.692. The summed E-state index contributed by atoms with van der Waals surface area (Å²) >= 11 is 3.39. The Kier molecular flexibility index (Phi) is 4.95. The molecule has 0 saturated heterocycles. The highest BCUT2D eigenvalue weighted by Gasteiger charge is 2.18. The lowest BCUT2D eigenvalue weighted by atomic mass is 10.2. The van der Waals surface area contributed by atoms with Gasteiger partial charge in [0, 0.05) is 25.2 Å². The van der Waals surface area contributed by atoms with Gasteiger partial charge in [-0.05, 0) is 42.7 Å². The molecule has 0 atom stereocenters. The van der Waals surface area contributed by atoms with E-state index in [9.17, 15) is 0 Å². The van der Waals surface area contributed by atoms with Crippen molar-refractivity contribution in [1.82, 2.24) is 14.9 Å². The average molecular weight is 313 g/mol. The molecule has 0 spiro atoms. The van der Waals surface area contributed by atoms with Gasteiger partial charge in [-0.3, -0.25) is 0 Å². The van der Waals surface area contributed by atoms with Crippen LogP contribution in [0.5, 0.6) is 0 Å². The normalized spacial score (nSPS) is 16.4. The monoisotopic (exact) mass is 312 g/mol. The lowest BCUT2D eigenvalue weighted by Gasteiger charge is -2.24. The third-order valence-corrected chi connectivity index (χ3v) is 3.93. The van der Waals surface area contributed by atoms with Gasteiger partial charge in [0.15, 0.2) is 0 Å². The second-order valence-corrected chi connectivity index (χ2v) is 5.78. The second kappa shape index (κ2) is 6.48. The second-order valence-electron chi connectivity index (χ2n) is 4.97. The molecule has 0 aliphatic heterocycles. The molecule has 1 aliphatic carbocycles. The van der Waals surface area contributed by atoms with E-state index in [1.54, 1.807) is 0 Å².